The van der Waals surface area contributed by atoms with Gasteiger partial charge >= 0.3 is 6.03 Å². The number of nitrogens with one attached hydrogen (secondary N) is 2. The van der Waals surface area contributed by atoms with Crippen molar-refractivity contribution in [2.75, 3.05) is 23.3 Å². The molecule has 3 amide bonds. The van der Waals surface area contributed by atoms with E-state index >= 15 is 0 Å². The molecular weight excluding hydrogens is 478 g/mol. The Balaban J connectivity index is 1.57. The van der Waals surface area contributed by atoms with Gasteiger partial charge in [-0.25, -0.2) is 13.6 Å². The van der Waals surface area contributed by atoms with Crippen LogP contribution in [0.15, 0.2) is 48.5 Å². The van der Waals surface area contributed by atoms with Crippen LogP contribution in [0.25, 0.3) is 0 Å². The Kier molecular flexibility index (Phi) is 5.92. The van der Waals surface area contributed by atoms with Gasteiger partial charge in [-0.05, 0) is 67.1 Å². The number of rotatable bonds is 4. The van der Waals surface area contributed by atoms with E-state index in [1.165, 1.54) is 41.3 Å². The molecule has 2 aliphatic heterocycles. The second kappa shape index (κ2) is 8.92. The first-order valence-electron chi connectivity index (χ1n) is 11.0. The lowest BCUT2D eigenvalue weighted by Crippen LogP contribution is -2.34. The van der Waals surface area contributed by atoms with E-state index in [0.717, 1.165) is 5.56 Å². The molecule has 5 rings (SSSR count). The van der Waals surface area contributed by atoms with E-state index in [1.807, 2.05) is 0 Å². The molecule has 0 radical (unpaired) electrons. The minimum Gasteiger partial charge on any atom is -0.386 e. The van der Waals surface area contributed by atoms with Crippen LogP contribution in [0.1, 0.15) is 44.8 Å². The molecule has 0 saturated carbocycles. The second-order valence-electron chi connectivity index (χ2n) is 8.48. The Morgan fingerprint density at radius 3 is 2.60 bits per heavy atom. The number of aliphatic hydroxyl groups is 1. The molecule has 0 bridgehead atoms. The molecule has 0 spiro atoms. The van der Waals surface area contributed by atoms with Crippen molar-refractivity contribution in [3.8, 4) is 0 Å². The number of nitrogens with two attached hydrogens (primary N) is 1. The number of carbonyl (C=O) groups is 2. The third kappa shape index (κ3) is 4.12. The largest absolute Gasteiger partial charge is 0.386 e. The van der Waals surface area contributed by atoms with Crippen molar-refractivity contribution in [3.05, 3.63) is 93.0 Å². The number of β-amino-alcohol motifs (C(OH)–C–C–N with tert-alkyl or cyclic N) is 1. The zero-order valence-corrected chi connectivity index (χ0v) is 19.1. The van der Waals surface area contributed by atoms with Crippen molar-refractivity contribution in [1.29, 1.82) is 0 Å². The molecule has 2 atom stereocenters. The summed E-state index contributed by atoms with van der Waals surface area (Å²) >= 11 is 6.33. The van der Waals surface area contributed by atoms with Crippen molar-refractivity contribution in [3.63, 3.8) is 0 Å². The molecule has 0 fully saturated rings. The van der Waals surface area contributed by atoms with E-state index < -0.39 is 35.7 Å². The standard InChI is InChI=1S/C25H21ClF2N4O3/c26-18-3-1-13(27)9-15(18)23-22-17(24(34)31-23)7-12(5-6-29)8-19(22)30-25(35)32-11-21(33)16-10-14(28)2-4-20(16)32/h1-4,7-10,21,23,33H,5-6,11,29H2,(H,30,35)(H,31,34)/t21-,23+/m1/s1. The molecule has 180 valence electrons. The van der Waals surface area contributed by atoms with Gasteiger partial charge in [-0.1, -0.05) is 11.6 Å². The van der Waals surface area contributed by atoms with E-state index in [0.29, 0.717) is 46.6 Å². The quantitative estimate of drug-likeness (QED) is 0.435. The zero-order valence-electron chi connectivity index (χ0n) is 18.3. The number of hydrogen-bond acceptors (Lipinski definition) is 4. The van der Waals surface area contributed by atoms with Crippen LogP contribution in [-0.2, 0) is 6.42 Å². The number of hydrogen-bond donors (Lipinski definition) is 4. The molecule has 2 heterocycles. The van der Waals surface area contributed by atoms with E-state index in [2.05, 4.69) is 10.6 Å². The van der Waals surface area contributed by atoms with Crippen molar-refractivity contribution in [1.82, 2.24) is 5.32 Å². The fourth-order valence-corrected chi connectivity index (χ4v) is 4.89. The number of urea groups is 1. The van der Waals surface area contributed by atoms with Gasteiger partial charge in [0.05, 0.1) is 24.4 Å². The molecular formula is C25H21ClF2N4O3. The number of carbonyl (C=O) groups excluding carboxylic acids is 2. The predicted octanol–water partition coefficient (Wildman–Crippen LogP) is 4.04. The zero-order chi connectivity index (χ0) is 24.9. The third-order valence-corrected chi connectivity index (χ3v) is 6.58. The SMILES string of the molecule is NCCc1cc(NC(=O)N2C[C@@H](O)c3cc(F)ccc32)c2c(c1)C(=O)N[C@H]2c1cc(F)ccc1Cl. The maximum atomic E-state index is 14.0. The van der Waals surface area contributed by atoms with Crippen molar-refractivity contribution in [2.24, 2.45) is 5.73 Å². The molecule has 0 unspecified atom stereocenters. The van der Waals surface area contributed by atoms with Gasteiger partial charge in [0.25, 0.3) is 5.91 Å². The minimum absolute atomic E-state index is 0.0639. The molecule has 3 aromatic rings. The van der Waals surface area contributed by atoms with Gasteiger partial charge in [0.2, 0.25) is 0 Å². The highest BCUT2D eigenvalue weighted by atomic mass is 35.5. The Bertz CT molecular complexity index is 1370. The van der Waals surface area contributed by atoms with Crippen LogP contribution in [0.2, 0.25) is 5.02 Å². The van der Waals surface area contributed by atoms with Gasteiger partial charge in [-0.15, -0.1) is 0 Å². The van der Waals surface area contributed by atoms with Gasteiger partial charge in [-0.3, -0.25) is 9.69 Å². The summed E-state index contributed by atoms with van der Waals surface area (Å²) in [6.07, 6.45) is -0.581. The van der Waals surface area contributed by atoms with Gasteiger partial charge in [-0.2, -0.15) is 0 Å². The third-order valence-electron chi connectivity index (χ3n) is 6.23. The molecule has 10 heteroatoms. The number of fused-ring (bicyclic) bond motifs is 2. The number of benzene rings is 3. The maximum Gasteiger partial charge on any atom is 0.326 e. The van der Waals surface area contributed by atoms with Crippen molar-refractivity contribution in [2.45, 2.75) is 18.6 Å². The molecule has 0 saturated heterocycles. The fourth-order valence-electron chi connectivity index (χ4n) is 4.66. The summed E-state index contributed by atoms with van der Waals surface area (Å²) in [5.74, 6) is -1.43. The average molecular weight is 499 g/mol. The lowest BCUT2D eigenvalue weighted by Gasteiger charge is -2.22. The molecule has 0 aliphatic carbocycles. The van der Waals surface area contributed by atoms with E-state index in [-0.39, 0.29) is 11.6 Å². The number of halogens is 3. The molecule has 2 aliphatic rings. The molecule has 5 N–H and O–H groups in total. The highest BCUT2D eigenvalue weighted by Crippen LogP contribution is 2.41. The monoisotopic (exact) mass is 498 g/mol. The van der Waals surface area contributed by atoms with Crippen LogP contribution in [0, 0.1) is 11.6 Å². The predicted molar refractivity (Wildman–Crippen MR) is 128 cm³/mol. The average Bonchev–Trinajstić information content (AvgIpc) is 3.32. The maximum absolute atomic E-state index is 14.0. The first-order chi connectivity index (χ1) is 16.8. The normalized spacial score (nSPS) is 18.3. The van der Waals surface area contributed by atoms with E-state index in [1.54, 1.807) is 12.1 Å². The van der Waals surface area contributed by atoms with Crippen molar-refractivity contribution >= 4 is 34.9 Å². The summed E-state index contributed by atoms with van der Waals surface area (Å²) in [6, 6.07) is 9.71. The van der Waals surface area contributed by atoms with Crippen LogP contribution in [0.5, 0.6) is 0 Å². The number of nitrogens with zero attached hydrogens (tertiary/aromatic N) is 1. The number of aliphatic hydroxyl groups excluding tert-OH is 1. The molecule has 7 nitrogen and oxygen atoms in total. The second-order valence-corrected chi connectivity index (χ2v) is 8.88. The molecule has 35 heavy (non-hydrogen) atoms. The van der Waals surface area contributed by atoms with Gasteiger partial charge in [0.15, 0.2) is 0 Å². The highest BCUT2D eigenvalue weighted by molar-refractivity contribution is 6.31. The van der Waals surface area contributed by atoms with Crippen LogP contribution < -0.4 is 21.3 Å². The van der Waals surface area contributed by atoms with Gasteiger partial charge in [0, 0.05) is 33.0 Å². The first-order valence-corrected chi connectivity index (χ1v) is 11.3. The molecule has 3 aromatic carbocycles. The summed E-state index contributed by atoms with van der Waals surface area (Å²) in [5.41, 5.74) is 8.56. The smallest absolute Gasteiger partial charge is 0.326 e. The van der Waals surface area contributed by atoms with E-state index in [9.17, 15) is 23.5 Å². The van der Waals surface area contributed by atoms with Crippen molar-refractivity contribution < 1.29 is 23.5 Å². The number of amides is 3. The van der Waals surface area contributed by atoms with Crippen LogP contribution >= 0.6 is 11.6 Å². The Morgan fingerprint density at radius 2 is 1.86 bits per heavy atom. The first kappa shape index (κ1) is 23.2. The topological polar surface area (TPSA) is 108 Å². The van der Waals surface area contributed by atoms with Gasteiger partial charge in [0.1, 0.15) is 11.6 Å². The molecule has 0 aromatic heterocycles. The Morgan fingerprint density at radius 1 is 1.14 bits per heavy atom. The lowest BCUT2D eigenvalue weighted by atomic mass is 9.94. The van der Waals surface area contributed by atoms with Crippen LogP contribution in [0.3, 0.4) is 0 Å². The summed E-state index contributed by atoms with van der Waals surface area (Å²) in [6.45, 7) is 0.260. The fraction of sp³-hybridized carbons (Fsp3) is 0.200. The van der Waals surface area contributed by atoms with E-state index in [4.69, 9.17) is 17.3 Å². The van der Waals surface area contributed by atoms with Gasteiger partial charge < -0.3 is 21.5 Å². The Labute approximate surface area is 204 Å². The number of anilines is 2. The summed E-state index contributed by atoms with van der Waals surface area (Å²) < 4.78 is 27.7. The van der Waals surface area contributed by atoms with Crippen LogP contribution in [-0.4, -0.2) is 30.1 Å². The van der Waals surface area contributed by atoms with Crippen LogP contribution in [0.4, 0.5) is 25.0 Å². The lowest BCUT2D eigenvalue weighted by molar-refractivity contribution is 0.0960. The summed E-state index contributed by atoms with van der Waals surface area (Å²) in [5, 5.41) is 16.2. The summed E-state index contributed by atoms with van der Waals surface area (Å²) in [4.78, 5) is 27.5. The minimum atomic E-state index is -1.04. The summed E-state index contributed by atoms with van der Waals surface area (Å²) in [7, 11) is 0. The Hall–Kier alpha value is -3.53. The highest BCUT2D eigenvalue weighted by Gasteiger charge is 2.36.